The Morgan fingerprint density at radius 1 is 1.41 bits per heavy atom. The molecule has 120 valence electrons. The summed E-state index contributed by atoms with van der Waals surface area (Å²) in [5, 5.41) is 0. The first-order chi connectivity index (χ1) is 10.2. The molecule has 7 heteroatoms. The predicted molar refractivity (Wildman–Crippen MR) is 73.2 cm³/mol. The van der Waals surface area contributed by atoms with Crippen molar-refractivity contribution >= 4 is 11.8 Å². The Morgan fingerprint density at radius 3 is 2.64 bits per heavy atom. The quantitative estimate of drug-likeness (QED) is 0.866. The maximum atomic E-state index is 12.8. The number of hydrogen-bond donors (Lipinski definition) is 1. The maximum absolute atomic E-state index is 12.8. The molecule has 1 heterocycles. The van der Waals surface area contributed by atoms with Gasteiger partial charge in [-0.1, -0.05) is 12.1 Å². The topological polar surface area (TPSA) is 60.2 Å². The van der Waals surface area contributed by atoms with E-state index in [1.165, 1.54) is 12.1 Å². The number of primary amides is 1. The molecule has 2 amide bonds. The van der Waals surface area contributed by atoms with Gasteiger partial charge in [-0.3, -0.25) is 4.79 Å². The van der Waals surface area contributed by atoms with Crippen molar-refractivity contribution in [3.63, 3.8) is 0 Å². The van der Waals surface area contributed by atoms with Crippen molar-refractivity contribution in [2.75, 3.05) is 6.54 Å². The lowest BCUT2D eigenvalue weighted by molar-refractivity contribution is -0.873. The summed E-state index contributed by atoms with van der Waals surface area (Å²) in [5.41, 5.74) is 4.99. The fourth-order valence-corrected chi connectivity index (χ4v) is 3.17. The number of carbonyl (C=O) groups is 2. The highest BCUT2D eigenvalue weighted by Crippen LogP contribution is 2.33. The molecule has 1 aromatic carbocycles. The van der Waals surface area contributed by atoms with Gasteiger partial charge in [-0.15, -0.1) is 0 Å². The summed E-state index contributed by atoms with van der Waals surface area (Å²) in [6.45, 7) is 2.11. The molecule has 0 saturated carbocycles. The lowest BCUT2D eigenvalue weighted by atomic mass is 10.1. The number of likely N-dealkylation sites (N-methyl/N-ethyl adjacent to an activating group) is 1. The van der Waals surface area contributed by atoms with E-state index in [0.29, 0.717) is 18.5 Å². The zero-order chi connectivity index (χ0) is 16.5. The number of hydrogen-bond acceptors (Lipinski definition) is 2. The third-order valence-electron chi connectivity index (χ3n) is 4.34. The molecule has 2 N–H and O–H groups in total. The monoisotopic (exact) mass is 315 g/mol. The van der Waals surface area contributed by atoms with E-state index in [4.69, 9.17) is 5.73 Å². The molecular weight excluding hydrogens is 297 g/mol. The van der Waals surface area contributed by atoms with Crippen molar-refractivity contribution in [2.45, 2.75) is 38.5 Å². The van der Waals surface area contributed by atoms with Crippen LogP contribution in [0.2, 0.25) is 0 Å². The second-order valence-corrected chi connectivity index (χ2v) is 5.56. The molecule has 0 bridgehead atoms. The lowest BCUT2D eigenvalue weighted by Gasteiger charge is -2.35. The van der Waals surface area contributed by atoms with E-state index in [9.17, 15) is 22.8 Å². The van der Waals surface area contributed by atoms with Crippen LogP contribution in [0, 0.1) is 0 Å². The van der Waals surface area contributed by atoms with Gasteiger partial charge in [0.2, 0.25) is 0 Å². The number of nitrogens with zero attached hydrogens (tertiary/aromatic N) is 1. The first-order valence-electron chi connectivity index (χ1n) is 7.06. The van der Waals surface area contributed by atoms with E-state index >= 15 is 0 Å². The number of benzene rings is 1. The second-order valence-electron chi connectivity index (χ2n) is 5.56. The number of carbonyl (C=O) groups excluding carboxylic acids is 2. The maximum Gasteiger partial charge on any atom is 0.416 e. The summed E-state index contributed by atoms with van der Waals surface area (Å²) in [5.74, 6) is -0.733. The van der Waals surface area contributed by atoms with Gasteiger partial charge >= 0.3 is 12.1 Å². The van der Waals surface area contributed by atoms with Crippen molar-refractivity contribution < 1.29 is 27.2 Å². The molecule has 0 aromatic heterocycles. The molecule has 0 radical (unpaired) electrons. The Kier molecular flexibility index (Phi) is 4.28. The third-order valence-corrected chi connectivity index (χ3v) is 4.34. The van der Waals surface area contributed by atoms with Gasteiger partial charge in [-0.05, 0) is 19.1 Å². The van der Waals surface area contributed by atoms with E-state index in [1.807, 2.05) is 0 Å². The molecule has 0 aliphatic carbocycles. The summed E-state index contributed by atoms with van der Waals surface area (Å²) >= 11 is 0. The standard InChI is InChI=1S/C15H17F3N2O2/c1-2-20(12(14(19)22)6-7-13(20)21)9-10-4-3-5-11(8-10)15(16,17)18/h3-5,8,12H,2,6-7,9H2,1H3,(H-,19,22)/p+1/t12-,20?/m0/s1. The predicted octanol–water partition coefficient (Wildman–Crippen LogP) is 2.22. The zero-order valence-electron chi connectivity index (χ0n) is 12.2. The van der Waals surface area contributed by atoms with E-state index in [0.717, 1.165) is 12.1 Å². The Morgan fingerprint density at radius 2 is 2.09 bits per heavy atom. The van der Waals surface area contributed by atoms with Crippen LogP contribution in [0.3, 0.4) is 0 Å². The van der Waals surface area contributed by atoms with Crippen LogP contribution in [0.25, 0.3) is 0 Å². The number of alkyl halides is 3. The molecule has 1 unspecified atom stereocenters. The van der Waals surface area contributed by atoms with Crippen molar-refractivity contribution in [2.24, 2.45) is 5.73 Å². The molecule has 2 rings (SSSR count). The van der Waals surface area contributed by atoms with Crippen molar-refractivity contribution in [1.29, 1.82) is 0 Å². The van der Waals surface area contributed by atoms with Crippen molar-refractivity contribution in [1.82, 2.24) is 0 Å². The van der Waals surface area contributed by atoms with Gasteiger partial charge in [0.15, 0.2) is 6.04 Å². The van der Waals surface area contributed by atoms with Crippen LogP contribution in [-0.4, -0.2) is 28.9 Å². The summed E-state index contributed by atoms with van der Waals surface area (Å²) in [7, 11) is 0. The SMILES string of the molecule is CC[N+]1(Cc2cccc(C(F)(F)F)c2)C(=O)CC[C@H]1C(N)=O. The number of rotatable bonds is 4. The van der Waals surface area contributed by atoms with E-state index < -0.39 is 23.7 Å². The molecule has 1 aliphatic rings. The fourth-order valence-electron chi connectivity index (χ4n) is 3.17. The average molecular weight is 315 g/mol. The molecule has 1 saturated heterocycles. The summed E-state index contributed by atoms with van der Waals surface area (Å²) in [6, 6.07) is 4.18. The van der Waals surface area contributed by atoms with Crippen LogP contribution < -0.4 is 5.73 Å². The van der Waals surface area contributed by atoms with Crippen LogP contribution in [0.5, 0.6) is 0 Å². The van der Waals surface area contributed by atoms with Crippen LogP contribution in [0.4, 0.5) is 13.2 Å². The smallest absolute Gasteiger partial charge is 0.364 e. The molecule has 2 atom stereocenters. The highest BCUT2D eigenvalue weighted by atomic mass is 19.4. The molecular formula is C15H18F3N2O2+. The first kappa shape index (κ1) is 16.5. The van der Waals surface area contributed by atoms with Gasteiger partial charge in [0, 0.05) is 12.0 Å². The Hall–Kier alpha value is -1.89. The number of likely N-dealkylation sites (tertiary alicyclic amines) is 1. The Labute approximate surface area is 126 Å². The largest absolute Gasteiger partial charge is 0.416 e. The van der Waals surface area contributed by atoms with Crippen LogP contribution in [-0.2, 0) is 22.3 Å². The minimum absolute atomic E-state index is 0.0485. The minimum Gasteiger partial charge on any atom is -0.364 e. The Bertz CT molecular complexity index is 601. The zero-order valence-corrected chi connectivity index (χ0v) is 12.2. The summed E-state index contributed by atoms with van der Waals surface area (Å²) < 4.78 is 38.2. The second kappa shape index (κ2) is 5.72. The minimum atomic E-state index is -4.44. The normalized spacial score (nSPS) is 25.5. The lowest BCUT2D eigenvalue weighted by Crippen LogP contribution is -2.58. The number of halogens is 3. The molecule has 1 aliphatic heterocycles. The van der Waals surface area contributed by atoms with Crippen LogP contribution in [0.1, 0.15) is 30.9 Å². The van der Waals surface area contributed by atoms with Gasteiger partial charge in [0.1, 0.15) is 6.54 Å². The average Bonchev–Trinajstić information content (AvgIpc) is 2.76. The van der Waals surface area contributed by atoms with Gasteiger partial charge in [-0.2, -0.15) is 13.2 Å². The number of quaternary nitrogens is 1. The van der Waals surface area contributed by atoms with Crippen molar-refractivity contribution in [3.8, 4) is 0 Å². The number of amides is 2. The fraction of sp³-hybridized carbons (Fsp3) is 0.467. The van der Waals surface area contributed by atoms with E-state index in [1.54, 1.807) is 6.92 Å². The van der Waals surface area contributed by atoms with Gasteiger partial charge < -0.3 is 5.73 Å². The summed E-state index contributed by atoms with van der Waals surface area (Å²) in [4.78, 5) is 23.9. The first-order valence-corrected chi connectivity index (χ1v) is 7.06. The summed E-state index contributed by atoms with van der Waals surface area (Å²) in [6.07, 6.45) is -3.87. The van der Waals surface area contributed by atoms with Crippen LogP contribution in [0.15, 0.2) is 24.3 Å². The molecule has 22 heavy (non-hydrogen) atoms. The van der Waals surface area contributed by atoms with Gasteiger partial charge in [0.25, 0.3) is 5.91 Å². The molecule has 0 spiro atoms. The van der Waals surface area contributed by atoms with E-state index in [2.05, 4.69) is 0 Å². The molecule has 4 nitrogen and oxygen atoms in total. The van der Waals surface area contributed by atoms with Gasteiger partial charge in [-0.25, -0.2) is 9.28 Å². The van der Waals surface area contributed by atoms with Crippen molar-refractivity contribution in [3.05, 3.63) is 35.4 Å². The molecule has 1 fully saturated rings. The highest BCUT2D eigenvalue weighted by Gasteiger charge is 2.51. The molecule has 1 aromatic rings. The van der Waals surface area contributed by atoms with E-state index in [-0.39, 0.29) is 23.4 Å². The third kappa shape index (κ3) is 2.85. The Balaban J connectivity index is 2.38. The van der Waals surface area contributed by atoms with Crippen LogP contribution >= 0.6 is 0 Å². The number of nitrogens with two attached hydrogens (primary N) is 1. The van der Waals surface area contributed by atoms with Gasteiger partial charge in [0.05, 0.1) is 18.5 Å². The highest BCUT2D eigenvalue weighted by molar-refractivity contribution is 5.84.